The number of nitrogens with one attached hydrogen (secondary N) is 1. The Bertz CT molecular complexity index is 627. The molecule has 1 aromatic rings. The molecule has 1 saturated carbocycles. The summed E-state index contributed by atoms with van der Waals surface area (Å²) < 4.78 is 0. The van der Waals surface area contributed by atoms with Crippen LogP contribution in [0.3, 0.4) is 0 Å². The summed E-state index contributed by atoms with van der Waals surface area (Å²) in [6.45, 7) is 3.44. The Morgan fingerprint density at radius 2 is 1.88 bits per heavy atom. The minimum Gasteiger partial charge on any atom is -0.352 e. The molecular formula is C20H29N3O2S. The van der Waals surface area contributed by atoms with Crippen LogP contribution in [0.2, 0.25) is 0 Å². The first kappa shape index (κ1) is 18.0. The Balaban J connectivity index is 1.28. The van der Waals surface area contributed by atoms with Gasteiger partial charge in [0.15, 0.2) is 0 Å². The van der Waals surface area contributed by atoms with Crippen LogP contribution >= 0.6 is 11.3 Å². The molecule has 2 atom stereocenters. The summed E-state index contributed by atoms with van der Waals surface area (Å²) in [6, 6.07) is 4.80. The lowest BCUT2D eigenvalue weighted by atomic mass is 9.96. The quantitative estimate of drug-likeness (QED) is 0.880. The molecule has 0 aromatic carbocycles. The maximum atomic E-state index is 12.8. The second kappa shape index (κ2) is 8.09. The molecule has 0 bridgehead atoms. The standard InChI is InChI=1S/C20H29N3O2S/c24-19(21-16-9-11-22(14-16)17-6-1-2-7-17)15-5-3-10-23(13-15)20(25)18-8-4-12-26-18/h4,8,12,15-17H,1-3,5-7,9-11,13-14H2,(H,21,24)/t15-,16-/m1/s1. The molecule has 2 aliphatic heterocycles. The van der Waals surface area contributed by atoms with E-state index in [1.54, 1.807) is 0 Å². The fraction of sp³-hybridized carbons (Fsp3) is 0.700. The van der Waals surface area contributed by atoms with Crippen molar-refractivity contribution in [3.63, 3.8) is 0 Å². The summed E-state index contributed by atoms with van der Waals surface area (Å²) in [6.07, 6.45) is 8.22. The summed E-state index contributed by atoms with van der Waals surface area (Å²) in [4.78, 5) is 30.5. The van der Waals surface area contributed by atoms with E-state index in [2.05, 4.69) is 10.2 Å². The third-order valence-electron chi connectivity index (χ3n) is 6.22. The van der Waals surface area contributed by atoms with Gasteiger partial charge >= 0.3 is 0 Å². The lowest BCUT2D eigenvalue weighted by Gasteiger charge is -2.32. The zero-order chi connectivity index (χ0) is 17.9. The minimum atomic E-state index is -0.0619. The average molecular weight is 376 g/mol. The van der Waals surface area contributed by atoms with Gasteiger partial charge in [-0.05, 0) is 43.6 Å². The van der Waals surface area contributed by atoms with Crippen molar-refractivity contribution in [3.05, 3.63) is 22.4 Å². The molecule has 26 heavy (non-hydrogen) atoms. The Morgan fingerprint density at radius 3 is 2.65 bits per heavy atom. The normalized spacial score (nSPS) is 27.8. The predicted molar refractivity (Wildman–Crippen MR) is 103 cm³/mol. The third kappa shape index (κ3) is 3.96. The Kier molecular flexibility index (Phi) is 5.60. The minimum absolute atomic E-state index is 0.0619. The van der Waals surface area contributed by atoms with Gasteiger partial charge < -0.3 is 10.2 Å². The van der Waals surface area contributed by atoms with Crippen molar-refractivity contribution in [2.45, 2.75) is 57.0 Å². The van der Waals surface area contributed by atoms with Crippen LogP contribution in [0.1, 0.15) is 54.6 Å². The lowest BCUT2D eigenvalue weighted by Crippen LogP contribution is -2.48. The Morgan fingerprint density at radius 1 is 1.04 bits per heavy atom. The largest absolute Gasteiger partial charge is 0.352 e. The van der Waals surface area contributed by atoms with E-state index in [1.807, 2.05) is 22.4 Å². The Labute approximate surface area is 159 Å². The van der Waals surface area contributed by atoms with Crippen molar-refractivity contribution in [2.75, 3.05) is 26.2 Å². The molecule has 142 valence electrons. The maximum Gasteiger partial charge on any atom is 0.263 e. The zero-order valence-corrected chi connectivity index (χ0v) is 16.2. The topological polar surface area (TPSA) is 52.7 Å². The van der Waals surface area contributed by atoms with Crippen LogP contribution in [0.15, 0.2) is 17.5 Å². The number of carbonyl (C=O) groups excluding carboxylic acids is 2. The van der Waals surface area contributed by atoms with Crippen molar-refractivity contribution in [2.24, 2.45) is 5.92 Å². The maximum absolute atomic E-state index is 12.8. The second-order valence-electron chi connectivity index (χ2n) is 8.00. The SMILES string of the molecule is O=C(N[C@@H]1CCN(C2CCCC2)C1)[C@@H]1CCCN(C(=O)c2cccs2)C1. The summed E-state index contributed by atoms with van der Waals surface area (Å²) in [5.41, 5.74) is 0. The number of nitrogens with zero attached hydrogens (tertiary/aromatic N) is 2. The fourth-order valence-corrected chi connectivity index (χ4v) is 5.45. The molecule has 5 nitrogen and oxygen atoms in total. The summed E-state index contributed by atoms with van der Waals surface area (Å²) in [5, 5.41) is 5.21. The van der Waals surface area contributed by atoms with Crippen LogP contribution in [0.4, 0.5) is 0 Å². The van der Waals surface area contributed by atoms with E-state index in [9.17, 15) is 9.59 Å². The molecule has 1 aromatic heterocycles. The van der Waals surface area contributed by atoms with E-state index in [4.69, 9.17) is 0 Å². The lowest BCUT2D eigenvalue weighted by molar-refractivity contribution is -0.127. The number of hydrogen-bond donors (Lipinski definition) is 1. The number of likely N-dealkylation sites (tertiary alicyclic amines) is 2. The first-order valence-corrected chi connectivity index (χ1v) is 11.0. The molecule has 3 fully saturated rings. The summed E-state index contributed by atoms with van der Waals surface area (Å²) in [7, 11) is 0. The van der Waals surface area contributed by atoms with Gasteiger partial charge in [0, 0.05) is 38.3 Å². The number of piperidine rings is 1. The van der Waals surface area contributed by atoms with Crippen LogP contribution in [0, 0.1) is 5.92 Å². The second-order valence-corrected chi connectivity index (χ2v) is 8.94. The van der Waals surface area contributed by atoms with E-state index >= 15 is 0 Å². The van der Waals surface area contributed by atoms with E-state index < -0.39 is 0 Å². The molecule has 1 N–H and O–H groups in total. The van der Waals surface area contributed by atoms with Gasteiger partial charge in [0.05, 0.1) is 10.8 Å². The van der Waals surface area contributed by atoms with Crippen LogP contribution < -0.4 is 5.32 Å². The van der Waals surface area contributed by atoms with Crippen LogP contribution in [0.5, 0.6) is 0 Å². The highest BCUT2D eigenvalue weighted by Crippen LogP contribution is 2.27. The predicted octanol–water partition coefficient (Wildman–Crippen LogP) is 2.73. The van der Waals surface area contributed by atoms with E-state index in [0.717, 1.165) is 49.8 Å². The van der Waals surface area contributed by atoms with Gasteiger partial charge in [-0.15, -0.1) is 11.3 Å². The van der Waals surface area contributed by atoms with Crippen molar-refractivity contribution in [1.29, 1.82) is 0 Å². The van der Waals surface area contributed by atoms with Gasteiger partial charge in [0.2, 0.25) is 5.91 Å². The molecule has 0 radical (unpaired) electrons. The molecule has 3 heterocycles. The molecular weight excluding hydrogens is 346 g/mol. The van der Waals surface area contributed by atoms with E-state index in [0.29, 0.717) is 6.54 Å². The van der Waals surface area contributed by atoms with Crippen molar-refractivity contribution < 1.29 is 9.59 Å². The number of thiophene rings is 1. The van der Waals surface area contributed by atoms with E-state index in [1.165, 1.54) is 37.0 Å². The van der Waals surface area contributed by atoms with Crippen molar-refractivity contribution >= 4 is 23.2 Å². The van der Waals surface area contributed by atoms with Gasteiger partial charge in [-0.3, -0.25) is 14.5 Å². The van der Waals surface area contributed by atoms with Gasteiger partial charge in [-0.1, -0.05) is 18.9 Å². The summed E-state index contributed by atoms with van der Waals surface area (Å²) in [5.74, 6) is 0.158. The Hall–Kier alpha value is -1.40. The van der Waals surface area contributed by atoms with E-state index in [-0.39, 0.29) is 23.8 Å². The number of carbonyl (C=O) groups is 2. The van der Waals surface area contributed by atoms with Gasteiger partial charge in [-0.2, -0.15) is 0 Å². The first-order chi connectivity index (χ1) is 12.7. The van der Waals surface area contributed by atoms with Crippen LogP contribution in [-0.4, -0.2) is 59.9 Å². The molecule has 0 spiro atoms. The smallest absolute Gasteiger partial charge is 0.263 e. The molecule has 4 rings (SSSR count). The molecule has 1 aliphatic carbocycles. The molecule has 2 saturated heterocycles. The van der Waals surface area contributed by atoms with Gasteiger partial charge in [0.25, 0.3) is 5.91 Å². The monoisotopic (exact) mass is 375 g/mol. The highest BCUT2D eigenvalue weighted by molar-refractivity contribution is 7.12. The zero-order valence-electron chi connectivity index (χ0n) is 15.4. The van der Waals surface area contributed by atoms with Crippen molar-refractivity contribution in [1.82, 2.24) is 15.1 Å². The molecule has 2 amide bonds. The van der Waals surface area contributed by atoms with Crippen LogP contribution in [0.25, 0.3) is 0 Å². The highest BCUT2D eigenvalue weighted by Gasteiger charge is 2.34. The summed E-state index contributed by atoms with van der Waals surface area (Å²) >= 11 is 1.48. The third-order valence-corrected chi connectivity index (χ3v) is 7.08. The van der Waals surface area contributed by atoms with Crippen LogP contribution in [-0.2, 0) is 4.79 Å². The van der Waals surface area contributed by atoms with Gasteiger partial charge in [0.1, 0.15) is 0 Å². The molecule has 6 heteroatoms. The van der Waals surface area contributed by atoms with Crippen molar-refractivity contribution in [3.8, 4) is 0 Å². The average Bonchev–Trinajstić information content (AvgIpc) is 3.42. The highest BCUT2D eigenvalue weighted by atomic mass is 32.1. The molecule has 3 aliphatic rings. The molecule has 0 unspecified atom stereocenters. The number of hydrogen-bond acceptors (Lipinski definition) is 4. The fourth-order valence-electron chi connectivity index (χ4n) is 4.76. The van der Waals surface area contributed by atoms with Gasteiger partial charge in [-0.25, -0.2) is 0 Å². The number of rotatable bonds is 4. The first-order valence-electron chi connectivity index (χ1n) is 10.1. The number of amides is 2.